The Balaban J connectivity index is 1.46. The first-order valence-corrected chi connectivity index (χ1v) is 9.28. The topological polar surface area (TPSA) is 118 Å². The van der Waals surface area contributed by atoms with Gasteiger partial charge in [0.25, 0.3) is 0 Å². The molecule has 0 atom stereocenters. The van der Waals surface area contributed by atoms with E-state index in [0.29, 0.717) is 34.1 Å². The highest BCUT2D eigenvalue weighted by molar-refractivity contribution is 7.98. The van der Waals surface area contributed by atoms with Gasteiger partial charge in [-0.15, -0.1) is 5.10 Å². The van der Waals surface area contributed by atoms with Crippen LogP contribution in [0.1, 0.15) is 5.82 Å². The third-order valence-corrected chi connectivity index (χ3v) is 4.50. The van der Waals surface area contributed by atoms with Crippen LogP contribution in [-0.4, -0.2) is 30.1 Å². The van der Waals surface area contributed by atoms with Crippen molar-refractivity contribution in [3.63, 3.8) is 0 Å². The molecule has 4 rings (SSSR count). The molecule has 10 heteroatoms. The summed E-state index contributed by atoms with van der Waals surface area (Å²) in [7, 11) is 0. The Morgan fingerprint density at radius 2 is 1.75 bits per heavy atom. The maximum atomic E-state index is 13.9. The van der Waals surface area contributed by atoms with E-state index in [1.165, 1.54) is 17.8 Å². The van der Waals surface area contributed by atoms with Gasteiger partial charge in [0.05, 0.1) is 11.3 Å². The van der Waals surface area contributed by atoms with Gasteiger partial charge in [0.15, 0.2) is 5.82 Å². The standard InChI is InChI=1S/C18H15FN8S/c19-13-9-5-4-8-12(13)15-24-18(27-26-15)28-10-14-22-16(20)25-17(23-14)21-11-6-2-1-3-7-11/h1-9H,10H2,(H,24,26,27)(H3,20,21,22,23,25). The van der Waals surface area contributed by atoms with E-state index in [9.17, 15) is 4.39 Å². The van der Waals surface area contributed by atoms with E-state index in [1.54, 1.807) is 18.2 Å². The van der Waals surface area contributed by atoms with Crippen molar-refractivity contribution >= 4 is 29.3 Å². The fraction of sp³-hybridized carbons (Fsp3) is 0.0556. The number of thioether (sulfide) groups is 1. The highest BCUT2D eigenvalue weighted by Crippen LogP contribution is 2.23. The number of nitrogens with one attached hydrogen (secondary N) is 2. The molecule has 0 saturated heterocycles. The van der Waals surface area contributed by atoms with Crippen LogP contribution in [0.5, 0.6) is 0 Å². The fourth-order valence-electron chi connectivity index (χ4n) is 2.42. The lowest BCUT2D eigenvalue weighted by Crippen LogP contribution is -2.06. The Labute approximate surface area is 163 Å². The molecule has 0 aliphatic heterocycles. The average Bonchev–Trinajstić information content (AvgIpc) is 3.16. The summed E-state index contributed by atoms with van der Waals surface area (Å²) in [6.07, 6.45) is 0. The second kappa shape index (κ2) is 8.01. The maximum absolute atomic E-state index is 13.9. The smallest absolute Gasteiger partial charge is 0.232 e. The molecule has 140 valence electrons. The van der Waals surface area contributed by atoms with Gasteiger partial charge in [-0.2, -0.15) is 15.0 Å². The van der Waals surface area contributed by atoms with Gasteiger partial charge in [0.2, 0.25) is 17.1 Å². The largest absolute Gasteiger partial charge is 0.368 e. The molecule has 0 amide bonds. The van der Waals surface area contributed by atoms with Crippen molar-refractivity contribution in [1.29, 1.82) is 0 Å². The molecular weight excluding hydrogens is 379 g/mol. The van der Waals surface area contributed by atoms with Crippen LogP contribution in [0.3, 0.4) is 0 Å². The Hall–Kier alpha value is -3.53. The normalized spacial score (nSPS) is 10.8. The van der Waals surface area contributed by atoms with Gasteiger partial charge < -0.3 is 11.1 Å². The molecule has 4 N–H and O–H groups in total. The zero-order valence-electron chi connectivity index (χ0n) is 14.5. The Morgan fingerprint density at radius 1 is 0.964 bits per heavy atom. The zero-order valence-corrected chi connectivity index (χ0v) is 15.3. The van der Waals surface area contributed by atoms with E-state index in [0.717, 1.165) is 5.69 Å². The summed E-state index contributed by atoms with van der Waals surface area (Å²) in [5.41, 5.74) is 6.99. The quantitative estimate of drug-likeness (QED) is 0.426. The number of H-pyrrole nitrogens is 1. The molecule has 0 unspecified atom stereocenters. The van der Waals surface area contributed by atoms with Gasteiger partial charge in [-0.1, -0.05) is 42.1 Å². The first-order valence-electron chi connectivity index (χ1n) is 8.30. The van der Waals surface area contributed by atoms with Gasteiger partial charge in [-0.05, 0) is 24.3 Å². The lowest BCUT2D eigenvalue weighted by Gasteiger charge is -2.06. The second-order valence-corrected chi connectivity index (χ2v) is 6.60. The monoisotopic (exact) mass is 394 g/mol. The summed E-state index contributed by atoms with van der Waals surface area (Å²) >= 11 is 1.31. The van der Waals surface area contributed by atoms with E-state index in [2.05, 4.69) is 35.5 Å². The molecule has 2 aromatic carbocycles. The van der Waals surface area contributed by atoms with Crippen LogP contribution < -0.4 is 11.1 Å². The molecule has 8 nitrogen and oxygen atoms in total. The number of anilines is 3. The van der Waals surface area contributed by atoms with Crippen molar-refractivity contribution in [2.75, 3.05) is 11.1 Å². The SMILES string of the molecule is Nc1nc(CSc2n[nH]c(-c3ccccc3F)n2)nc(Nc2ccccc2)n1. The fourth-order valence-corrected chi connectivity index (χ4v) is 3.08. The predicted octanol–water partition coefficient (Wildman–Crippen LogP) is 3.41. The molecule has 0 aliphatic rings. The Kier molecular flexibility index (Phi) is 5.11. The number of hydrogen-bond acceptors (Lipinski definition) is 8. The molecule has 2 heterocycles. The number of nitrogens with two attached hydrogens (primary N) is 1. The van der Waals surface area contributed by atoms with Gasteiger partial charge in [0, 0.05) is 5.69 Å². The highest BCUT2D eigenvalue weighted by Gasteiger charge is 2.12. The zero-order chi connectivity index (χ0) is 19.3. The molecule has 0 spiro atoms. The van der Waals surface area contributed by atoms with Gasteiger partial charge in [0.1, 0.15) is 11.6 Å². The van der Waals surface area contributed by atoms with Crippen LogP contribution >= 0.6 is 11.8 Å². The number of rotatable bonds is 6. The van der Waals surface area contributed by atoms with Crippen molar-refractivity contribution in [3.05, 3.63) is 66.2 Å². The van der Waals surface area contributed by atoms with Crippen LogP contribution in [0.2, 0.25) is 0 Å². The number of halogens is 1. The lowest BCUT2D eigenvalue weighted by molar-refractivity contribution is 0.630. The Morgan fingerprint density at radius 3 is 2.57 bits per heavy atom. The third kappa shape index (κ3) is 4.23. The van der Waals surface area contributed by atoms with Crippen LogP contribution in [0.4, 0.5) is 22.0 Å². The number of nitrogens with zero attached hydrogens (tertiary/aromatic N) is 5. The highest BCUT2D eigenvalue weighted by atomic mass is 32.2. The van der Waals surface area contributed by atoms with Crippen LogP contribution in [-0.2, 0) is 5.75 Å². The molecule has 0 aliphatic carbocycles. The molecule has 4 aromatic rings. The number of aromatic nitrogens is 6. The van der Waals surface area contributed by atoms with Crippen molar-refractivity contribution < 1.29 is 4.39 Å². The minimum Gasteiger partial charge on any atom is -0.368 e. The lowest BCUT2D eigenvalue weighted by atomic mass is 10.2. The number of para-hydroxylation sites is 1. The molecular formula is C18H15FN8S. The van der Waals surface area contributed by atoms with Gasteiger partial charge in [-0.25, -0.2) is 9.37 Å². The predicted molar refractivity (Wildman–Crippen MR) is 105 cm³/mol. The summed E-state index contributed by atoms with van der Waals surface area (Å²) < 4.78 is 13.9. The summed E-state index contributed by atoms with van der Waals surface area (Å²) in [6.45, 7) is 0. The Bertz CT molecular complexity index is 1090. The molecule has 28 heavy (non-hydrogen) atoms. The van der Waals surface area contributed by atoms with E-state index in [1.807, 2.05) is 30.3 Å². The summed E-state index contributed by atoms with van der Waals surface area (Å²) in [5.74, 6) is 1.33. The van der Waals surface area contributed by atoms with Crippen molar-refractivity contribution in [3.8, 4) is 11.4 Å². The summed E-state index contributed by atoms with van der Waals surface area (Å²) in [6, 6.07) is 15.9. The minimum atomic E-state index is -0.364. The van der Waals surface area contributed by atoms with E-state index in [4.69, 9.17) is 5.73 Å². The molecule has 0 radical (unpaired) electrons. The number of hydrogen-bond donors (Lipinski definition) is 3. The second-order valence-electron chi connectivity index (χ2n) is 5.66. The average molecular weight is 394 g/mol. The molecule has 0 saturated carbocycles. The number of aromatic amines is 1. The first kappa shape index (κ1) is 17.9. The van der Waals surface area contributed by atoms with E-state index < -0.39 is 0 Å². The van der Waals surface area contributed by atoms with Crippen LogP contribution in [0.15, 0.2) is 59.8 Å². The van der Waals surface area contributed by atoms with Crippen LogP contribution in [0, 0.1) is 5.82 Å². The van der Waals surface area contributed by atoms with Crippen molar-refractivity contribution in [1.82, 2.24) is 30.1 Å². The summed E-state index contributed by atoms with van der Waals surface area (Å²) in [4.78, 5) is 16.9. The van der Waals surface area contributed by atoms with Crippen molar-refractivity contribution in [2.24, 2.45) is 0 Å². The first-order chi connectivity index (χ1) is 13.7. The molecule has 2 aromatic heterocycles. The third-order valence-electron chi connectivity index (χ3n) is 3.65. The van der Waals surface area contributed by atoms with Crippen molar-refractivity contribution in [2.45, 2.75) is 10.9 Å². The molecule has 0 bridgehead atoms. The minimum absolute atomic E-state index is 0.117. The summed E-state index contributed by atoms with van der Waals surface area (Å²) in [5, 5.41) is 10.4. The number of benzene rings is 2. The van der Waals surface area contributed by atoms with Gasteiger partial charge >= 0.3 is 0 Å². The van der Waals surface area contributed by atoms with E-state index in [-0.39, 0.29) is 11.8 Å². The van der Waals surface area contributed by atoms with Gasteiger partial charge in [-0.3, -0.25) is 5.10 Å². The maximum Gasteiger partial charge on any atom is 0.232 e. The van der Waals surface area contributed by atoms with Crippen LogP contribution in [0.25, 0.3) is 11.4 Å². The van der Waals surface area contributed by atoms with E-state index >= 15 is 0 Å². The number of nitrogen functional groups attached to an aromatic ring is 1. The molecule has 0 fully saturated rings.